The number of anilines is 2. The van der Waals surface area contributed by atoms with Crippen LogP contribution in [-0.2, 0) is 14.8 Å². The first-order valence-corrected chi connectivity index (χ1v) is 12.2. The maximum Gasteiger partial charge on any atom is 0.267 e. The number of methoxy groups -OCH3 is 1. The van der Waals surface area contributed by atoms with Crippen molar-refractivity contribution < 1.29 is 22.7 Å². The van der Waals surface area contributed by atoms with Gasteiger partial charge in [-0.2, -0.15) is 0 Å². The van der Waals surface area contributed by atoms with Crippen LogP contribution in [0.15, 0.2) is 40.6 Å². The molecule has 0 bridgehead atoms. The smallest absolute Gasteiger partial charge is 0.267 e. The molecule has 10 heteroatoms. The molecule has 2 aromatic carbocycles. The number of aromatic nitrogens is 1. The fourth-order valence-corrected chi connectivity index (χ4v) is 5.85. The molecular formula is C22H23N3O5S2. The van der Waals surface area contributed by atoms with E-state index in [4.69, 9.17) is 9.47 Å². The van der Waals surface area contributed by atoms with Crippen molar-refractivity contribution in [2.75, 3.05) is 23.8 Å². The number of sulfonamides is 1. The molecule has 4 rings (SSSR count). The highest BCUT2D eigenvalue weighted by Gasteiger charge is 2.29. The summed E-state index contributed by atoms with van der Waals surface area (Å²) >= 11 is 1.18. The molecule has 1 unspecified atom stereocenters. The third kappa shape index (κ3) is 3.91. The molecule has 3 aromatic rings. The Bertz CT molecular complexity index is 1320. The third-order valence-corrected chi connectivity index (χ3v) is 7.67. The highest BCUT2D eigenvalue weighted by atomic mass is 32.2. The molecule has 1 aliphatic heterocycles. The number of carbonyl (C=O) groups excluding carboxylic acids is 1. The van der Waals surface area contributed by atoms with E-state index >= 15 is 0 Å². The molecule has 32 heavy (non-hydrogen) atoms. The van der Waals surface area contributed by atoms with Crippen molar-refractivity contribution in [2.24, 2.45) is 0 Å². The third-order valence-electron chi connectivity index (χ3n) is 5.31. The molecule has 0 aliphatic carbocycles. The molecule has 1 amide bonds. The number of hydrogen-bond donors (Lipinski definition) is 1. The Labute approximate surface area is 190 Å². The van der Waals surface area contributed by atoms with Gasteiger partial charge in [-0.1, -0.05) is 0 Å². The maximum absolute atomic E-state index is 13.0. The number of ether oxygens (including phenoxy) is 2. The zero-order chi connectivity index (χ0) is 23.2. The molecule has 1 N–H and O–H groups in total. The second-order valence-corrected chi connectivity index (χ2v) is 10.1. The van der Waals surface area contributed by atoms with Crippen LogP contribution < -0.4 is 19.1 Å². The van der Waals surface area contributed by atoms with Crippen molar-refractivity contribution in [3.63, 3.8) is 0 Å². The van der Waals surface area contributed by atoms with Gasteiger partial charge in [-0.25, -0.2) is 13.4 Å². The summed E-state index contributed by atoms with van der Waals surface area (Å²) in [4.78, 5) is 18.4. The van der Waals surface area contributed by atoms with Gasteiger partial charge in [-0.05, 0) is 62.2 Å². The lowest BCUT2D eigenvalue weighted by molar-refractivity contribution is -0.125. The van der Waals surface area contributed by atoms with Crippen molar-refractivity contribution in [3.8, 4) is 22.8 Å². The Hall–Kier alpha value is -3.11. The molecule has 0 fully saturated rings. The van der Waals surface area contributed by atoms with Gasteiger partial charge in [0, 0.05) is 18.0 Å². The number of benzene rings is 2. The van der Waals surface area contributed by atoms with Crippen LogP contribution in [0.1, 0.15) is 18.1 Å². The average molecular weight is 474 g/mol. The van der Waals surface area contributed by atoms with Gasteiger partial charge in [0.25, 0.3) is 15.9 Å². The molecule has 8 nitrogen and oxygen atoms in total. The minimum absolute atomic E-state index is 0.133. The summed E-state index contributed by atoms with van der Waals surface area (Å²) in [6.45, 7) is 5.22. The Morgan fingerprint density at radius 3 is 2.66 bits per heavy atom. The van der Waals surface area contributed by atoms with Crippen LogP contribution in [0.5, 0.6) is 11.5 Å². The Balaban J connectivity index is 1.62. The van der Waals surface area contributed by atoms with Crippen LogP contribution in [-0.4, -0.2) is 39.6 Å². The summed E-state index contributed by atoms with van der Waals surface area (Å²) < 4.78 is 39.4. The van der Waals surface area contributed by atoms with E-state index in [0.717, 1.165) is 11.1 Å². The lowest BCUT2D eigenvalue weighted by atomic mass is 10.1. The van der Waals surface area contributed by atoms with E-state index in [0.29, 0.717) is 28.4 Å². The second kappa shape index (κ2) is 8.10. The van der Waals surface area contributed by atoms with Gasteiger partial charge in [-0.3, -0.25) is 9.52 Å². The molecule has 168 valence electrons. The SMILES string of the molecule is COc1cc(C)c(S(=O)(=O)Nc2nc(-c3ccc4c(c3)N(C)C(=O)C(C)O4)cs2)cc1C. The van der Waals surface area contributed by atoms with Gasteiger partial charge in [0.15, 0.2) is 11.2 Å². The number of nitrogens with zero attached hydrogens (tertiary/aromatic N) is 2. The molecule has 1 atom stereocenters. The molecule has 1 aliphatic rings. The number of hydrogen-bond acceptors (Lipinski definition) is 7. The van der Waals surface area contributed by atoms with Crippen molar-refractivity contribution in [1.82, 2.24) is 4.98 Å². The van der Waals surface area contributed by atoms with Gasteiger partial charge in [0.1, 0.15) is 11.5 Å². The van der Waals surface area contributed by atoms with Gasteiger partial charge in [-0.15, -0.1) is 11.3 Å². The molecule has 0 radical (unpaired) electrons. The van der Waals surface area contributed by atoms with Crippen LogP contribution >= 0.6 is 11.3 Å². The lowest BCUT2D eigenvalue weighted by Gasteiger charge is -2.30. The zero-order valence-corrected chi connectivity index (χ0v) is 19.9. The summed E-state index contributed by atoms with van der Waals surface area (Å²) in [6.07, 6.45) is -0.538. The molecule has 0 saturated carbocycles. The number of thiazole rings is 1. The first kappa shape index (κ1) is 22.1. The average Bonchev–Trinajstić information content (AvgIpc) is 3.21. The predicted octanol–water partition coefficient (Wildman–Crippen LogP) is 3.98. The zero-order valence-electron chi connectivity index (χ0n) is 18.3. The van der Waals surface area contributed by atoms with Gasteiger partial charge >= 0.3 is 0 Å². The summed E-state index contributed by atoms with van der Waals surface area (Å²) in [6, 6.07) is 8.72. The molecule has 0 spiro atoms. The monoisotopic (exact) mass is 473 g/mol. The number of rotatable bonds is 5. The van der Waals surface area contributed by atoms with Crippen molar-refractivity contribution in [2.45, 2.75) is 31.8 Å². The Kier molecular flexibility index (Phi) is 5.59. The van der Waals surface area contributed by atoms with Crippen LogP contribution in [0.25, 0.3) is 11.3 Å². The largest absolute Gasteiger partial charge is 0.496 e. The molecule has 2 heterocycles. The standard InChI is InChI=1S/C22H23N3O5S2/c1-12-9-20(13(2)8-19(12)29-5)32(27,28)24-22-23-16(11-31-22)15-6-7-18-17(10-15)25(4)21(26)14(3)30-18/h6-11,14H,1-5H3,(H,23,24). The minimum Gasteiger partial charge on any atom is -0.496 e. The molecule has 1 aromatic heterocycles. The predicted molar refractivity (Wildman–Crippen MR) is 124 cm³/mol. The van der Waals surface area contributed by atoms with Crippen molar-refractivity contribution >= 4 is 38.1 Å². The summed E-state index contributed by atoms with van der Waals surface area (Å²) in [7, 11) is -0.581. The summed E-state index contributed by atoms with van der Waals surface area (Å²) in [5, 5.41) is 2.01. The lowest BCUT2D eigenvalue weighted by Crippen LogP contribution is -2.41. The highest BCUT2D eigenvalue weighted by Crippen LogP contribution is 2.37. The van der Waals surface area contributed by atoms with Crippen LogP contribution in [0.3, 0.4) is 0 Å². The molecular weight excluding hydrogens is 450 g/mol. The quantitative estimate of drug-likeness (QED) is 0.602. The van der Waals surface area contributed by atoms with E-state index < -0.39 is 16.1 Å². The molecule has 0 saturated heterocycles. The number of likely N-dealkylation sites (N-methyl/N-ethyl adjacent to an activating group) is 1. The minimum atomic E-state index is -3.83. The van der Waals surface area contributed by atoms with Gasteiger partial charge in [0.2, 0.25) is 0 Å². The normalized spacial score (nSPS) is 15.8. The van der Waals surface area contributed by atoms with E-state index in [1.807, 2.05) is 12.1 Å². The van der Waals surface area contributed by atoms with E-state index in [1.54, 1.807) is 63.4 Å². The summed E-state index contributed by atoms with van der Waals surface area (Å²) in [5.41, 5.74) is 3.29. The first-order chi connectivity index (χ1) is 15.1. The second-order valence-electron chi connectivity index (χ2n) is 7.57. The van der Waals surface area contributed by atoms with E-state index in [9.17, 15) is 13.2 Å². The number of fused-ring (bicyclic) bond motifs is 1. The van der Waals surface area contributed by atoms with E-state index in [2.05, 4.69) is 9.71 Å². The number of nitrogens with one attached hydrogen (secondary N) is 1. The highest BCUT2D eigenvalue weighted by molar-refractivity contribution is 7.93. The van der Waals surface area contributed by atoms with Crippen LogP contribution in [0.4, 0.5) is 10.8 Å². The van der Waals surface area contributed by atoms with Crippen molar-refractivity contribution in [3.05, 3.63) is 46.8 Å². The Morgan fingerprint density at radius 2 is 1.94 bits per heavy atom. The van der Waals surface area contributed by atoms with Crippen molar-refractivity contribution in [1.29, 1.82) is 0 Å². The number of aryl methyl sites for hydroxylation is 2. The van der Waals surface area contributed by atoms with E-state index in [-0.39, 0.29) is 15.9 Å². The van der Waals surface area contributed by atoms with Crippen LogP contribution in [0, 0.1) is 13.8 Å². The Morgan fingerprint density at radius 1 is 1.19 bits per heavy atom. The number of amides is 1. The number of carbonyl (C=O) groups is 1. The van der Waals surface area contributed by atoms with E-state index in [1.165, 1.54) is 11.3 Å². The fraction of sp³-hybridized carbons (Fsp3) is 0.273. The first-order valence-electron chi connectivity index (χ1n) is 9.83. The van der Waals surface area contributed by atoms with Crippen LogP contribution in [0.2, 0.25) is 0 Å². The topological polar surface area (TPSA) is 97.8 Å². The van der Waals surface area contributed by atoms with Gasteiger partial charge in [0.05, 0.1) is 23.4 Å². The summed E-state index contributed by atoms with van der Waals surface area (Å²) in [5.74, 6) is 1.11. The van der Waals surface area contributed by atoms with Gasteiger partial charge < -0.3 is 14.4 Å². The fourth-order valence-electron chi connectivity index (χ4n) is 3.57. The maximum atomic E-state index is 13.0.